The van der Waals surface area contributed by atoms with Crippen molar-refractivity contribution in [2.45, 2.75) is 62.6 Å². The first kappa shape index (κ1) is 44.1. The van der Waals surface area contributed by atoms with Crippen molar-refractivity contribution in [2.24, 2.45) is 29.6 Å². The van der Waals surface area contributed by atoms with Crippen LogP contribution in [0.4, 0.5) is 0 Å². The molecule has 0 radical (unpaired) electrons. The highest BCUT2D eigenvalue weighted by molar-refractivity contribution is 7.90. The highest BCUT2D eigenvalue weighted by Gasteiger charge is 2.41. The number of hydrogen-bond donors (Lipinski definition) is 9. The van der Waals surface area contributed by atoms with Gasteiger partial charge in [0, 0.05) is 35.2 Å². The lowest BCUT2D eigenvalue weighted by atomic mass is 9.73. The third-order valence-corrected chi connectivity index (χ3v) is 14.6. The number of aldehydes is 1. The molecule has 0 aromatic rings. The quantitative estimate of drug-likeness (QED) is 0.136. The van der Waals surface area contributed by atoms with Gasteiger partial charge in [-0.25, -0.2) is 0 Å². The van der Waals surface area contributed by atoms with Crippen LogP contribution in [-0.2, 0) is 45.3 Å². The number of carbonyl (C=O) groups is 1. The van der Waals surface area contributed by atoms with Crippen LogP contribution in [0.1, 0.15) is 32.1 Å². The zero-order chi connectivity index (χ0) is 42.9. The highest BCUT2D eigenvalue weighted by atomic mass is 32.2. The molecule has 10 unspecified atom stereocenters. The van der Waals surface area contributed by atoms with Crippen LogP contribution in [0.3, 0.4) is 0 Å². The Morgan fingerprint density at radius 2 is 0.690 bits per heavy atom. The lowest BCUT2D eigenvalue weighted by molar-refractivity contribution is -0.104. The van der Waals surface area contributed by atoms with Gasteiger partial charge in [0.1, 0.15) is 6.29 Å². The molecular formula is C36H40O18S4. The van der Waals surface area contributed by atoms with E-state index in [1.165, 1.54) is 12.2 Å². The van der Waals surface area contributed by atoms with E-state index in [-0.39, 0.29) is 46.3 Å². The van der Waals surface area contributed by atoms with Crippen molar-refractivity contribution in [1.82, 2.24) is 0 Å². The van der Waals surface area contributed by atoms with Crippen LogP contribution in [0.2, 0.25) is 0 Å². The molecule has 1 fully saturated rings. The van der Waals surface area contributed by atoms with Gasteiger partial charge in [-0.2, -0.15) is 33.7 Å². The van der Waals surface area contributed by atoms with Crippen LogP contribution >= 0.6 is 0 Å². The first-order valence-corrected chi connectivity index (χ1v) is 23.4. The molecule has 22 heteroatoms. The average molecular weight is 889 g/mol. The van der Waals surface area contributed by atoms with Gasteiger partial charge in [-0.3, -0.25) is 23.0 Å². The molecule has 0 heterocycles. The molecule has 0 aromatic carbocycles. The highest BCUT2D eigenvalue weighted by Crippen LogP contribution is 2.44. The fourth-order valence-corrected chi connectivity index (χ4v) is 11.0. The maximum Gasteiger partial charge on any atom is 0.294 e. The van der Waals surface area contributed by atoms with Gasteiger partial charge < -0.3 is 25.5 Å². The summed E-state index contributed by atoms with van der Waals surface area (Å²) < 4.78 is 140. The van der Waals surface area contributed by atoms with E-state index in [2.05, 4.69) is 0 Å². The van der Waals surface area contributed by atoms with Gasteiger partial charge in [0.05, 0.1) is 50.1 Å². The molecule has 0 spiro atoms. The molecule has 58 heavy (non-hydrogen) atoms. The number of hydrogen-bond acceptors (Lipinski definition) is 14. The number of aliphatic hydroxyl groups excluding tert-OH is 5. The SMILES string of the molecule is O=CC1=CC2CC3C=C(S(=O)(=O)O)C=C(CC4C=C(S(=O)(=O)O)C=C(CC5=CC(S(=O)(=O)O)=CC(CC6=CC(S(=O)(=O)O)=CC(CC(=C1)C2O)C6O)C5O)C4O)C3O. The van der Waals surface area contributed by atoms with Crippen LogP contribution in [0.5, 0.6) is 0 Å². The van der Waals surface area contributed by atoms with Crippen molar-refractivity contribution in [3.05, 3.63) is 114 Å². The fourth-order valence-electron chi connectivity index (χ4n) is 8.37. The smallest absolute Gasteiger partial charge is 0.294 e. The van der Waals surface area contributed by atoms with Crippen molar-refractivity contribution in [1.29, 1.82) is 0 Å². The van der Waals surface area contributed by atoms with E-state index in [1.807, 2.05) is 0 Å². The average Bonchev–Trinajstić information content (AvgIpc) is 3.10. The molecule has 10 bridgehead atoms. The zero-order valence-electron chi connectivity index (χ0n) is 30.0. The van der Waals surface area contributed by atoms with Gasteiger partial charge in [0.15, 0.2) is 0 Å². The summed E-state index contributed by atoms with van der Waals surface area (Å²) in [5, 5.41) is 58.2. The third kappa shape index (κ3) is 9.28. The minimum atomic E-state index is -5.05. The Bertz CT molecular complexity index is 2570. The topological polar surface area (TPSA) is 336 Å². The van der Waals surface area contributed by atoms with Crippen molar-refractivity contribution in [3.63, 3.8) is 0 Å². The number of fused-ring (bicyclic) bond motifs is 10. The maximum atomic E-state index is 12.5. The van der Waals surface area contributed by atoms with E-state index in [0.717, 1.165) is 48.6 Å². The van der Waals surface area contributed by atoms with Crippen molar-refractivity contribution in [3.8, 4) is 0 Å². The summed E-state index contributed by atoms with van der Waals surface area (Å²) in [5.41, 5.74) is -0.760. The number of rotatable bonds is 5. The molecule has 6 rings (SSSR count). The molecule has 10 atom stereocenters. The van der Waals surface area contributed by atoms with Gasteiger partial charge in [0.25, 0.3) is 40.5 Å². The van der Waals surface area contributed by atoms with E-state index in [4.69, 9.17) is 0 Å². The predicted molar refractivity (Wildman–Crippen MR) is 204 cm³/mol. The van der Waals surface area contributed by atoms with Gasteiger partial charge in [-0.05, 0) is 84.3 Å². The van der Waals surface area contributed by atoms with Gasteiger partial charge in [-0.1, -0.05) is 36.5 Å². The summed E-state index contributed by atoms with van der Waals surface area (Å²) in [6.45, 7) is 0. The second-order valence-corrected chi connectivity index (χ2v) is 20.8. The Balaban J connectivity index is 1.55. The van der Waals surface area contributed by atoms with Crippen LogP contribution < -0.4 is 0 Å². The van der Waals surface area contributed by atoms with Crippen molar-refractivity contribution >= 4 is 46.8 Å². The molecule has 1 saturated carbocycles. The summed E-state index contributed by atoms with van der Waals surface area (Å²) >= 11 is 0. The summed E-state index contributed by atoms with van der Waals surface area (Å²) in [4.78, 5) is 9.15. The van der Waals surface area contributed by atoms with E-state index in [1.54, 1.807) is 0 Å². The molecule has 18 nitrogen and oxygen atoms in total. The summed E-state index contributed by atoms with van der Waals surface area (Å²) in [6.07, 6.45) is -0.167. The minimum absolute atomic E-state index is 0.00687. The maximum absolute atomic E-state index is 12.5. The van der Waals surface area contributed by atoms with Crippen LogP contribution in [-0.4, -0.2) is 114 Å². The van der Waals surface area contributed by atoms with E-state index in [9.17, 15) is 82.2 Å². The monoisotopic (exact) mass is 888 g/mol. The van der Waals surface area contributed by atoms with Gasteiger partial charge >= 0.3 is 0 Å². The lowest BCUT2D eigenvalue weighted by Crippen LogP contribution is -2.36. The first-order chi connectivity index (χ1) is 26.7. The largest absolute Gasteiger partial charge is 0.388 e. The summed E-state index contributed by atoms with van der Waals surface area (Å²) in [7, 11) is -20.1. The zero-order valence-corrected chi connectivity index (χ0v) is 33.3. The predicted octanol–water partition coefficient (Wildman–Crippen LogP) is 0.748. The molecule has 0 aromatic heterocycles. The van der Waals surface area contributed by atoms with Crippen LogP contribution in [0.15, 0.2) is 114 Å². The lowest BCUT2D eigenvalue weighted by Gasteiger charge is -2.37. The fraction of sp³-hybridized carbons (Fsp3) is 0.417. The van der Waals surface area contributed by atoms with Crippen LogP contribution in [0, 0.1) is 29.6 Å². The summed E-state index contributed by atoms with van der Waals surface area (Å²) in [5.74, 6) is -6.33. The first-order valence-electron chi connectivity index (χ1n) is 17.6. The van der Waals surface area contributed by atoms with Crippen molar-refractivity contribution < 1.29 is 82.2 Å². The molecular weight excluding hydrogens is 849 g/mol. The Kier molecular flexibility index (Phi) is 12.0. The van der Waals surface area contributed by atoms with Crippen molar-refractivity contribution in [2.75, 3.05) is 0 Å². The van der Waals surface area contributed by atoms with Gasteiger partial charge in [0.2, 0.25) is 0 Å². The summed E-state index contributed by atoms with van der Waals surface area (Å²) in [6, 6.07) is 0. The number of allylic oxidation sites excluding steroid dienone is 6. The molecule has 0 saturated heterocycles. The molecule has 0 aliphatic heterocycles. The van der Waals surface area contributed by atoms with Crippen LogP contribution in [0.25, 0.3) is 0 Å². The molecule has 316 valence electrons. The second kappa shape index (κ2) is 15.8. The van der Waals surface area contributed by atoms with E-state index < -0.39 is 139 Å². The Labute approximate surface area is 333 Å². The standard InChI is InChI=1S/C36H40O18S4/c37-16-17-1-18-3-20-8-28(55(43,44)45)10-22(33(20)39)5-24-12-30(57(49,50)51)14-26(35(24)41)7-27-15-31(58(52,53)54)13-25(36(27)42)6-23-11-29(56(46,47)48)9-21(34(23)40)4-19(2-17)32(18)38/h1-2,8-16,18,20-21,24-25,32-36,38-42H,3-7H2,(H,43,44,45)(H,46,47,48)(H,49,50,51)(H,52,53,54). The number of aliphatic hydroxyl groups is 5. The minimum Gasteiger partial charge on any atom is -0.388 e. The Hall–Kier alpha value is -3.49. The van der Waals surface area contributed by atoms with Gasteiger partial charge in [-0.15, -0.1) is 0 Å². The van der Waals surface area contributed by atoms with E-state index >= 15 is 0 Å². The molecule has 9 N–H and O–H groups in total. The number of carbonyl (C=O) groups excluding carboxylic acids is 1. The second-order valence-electron chi connectivity index (χ2n) is 15.1. The molecule has 0 amide bonds. The van der Waals surface area contributed by atoms with E-state index in [0.29, 0.717) is 6.29 Å². The normalized spacial score (nSPS) is 33.9. The molecule has 6 aliphatic rings. The Morgan fingerprint density at radius 3 is 1.03 bits per heavy atom. The third-order valence-electron chi connectivity index (χ3n) is 11.2. The molecule has 6 aliphatic carbocycles. The Morgan fingerprint density at radius 1 is 0.414 bits per heavy atom.